The first-order chi connectivity index (χ1) is 5.43. The third-order valence-electron chi connectivity index (χ3n) is 1.65. The molecule has 0 aromatic heterocycles. The van der Waals surface area contributed by atoms with Gasteiger partial charge in [-0.05, 0) is 38.1 Å². The maximum Gasteiger partial charge on any atom is -0.00487 e. The summed E-state index contributed by atoms with van der Waals surface area (Å²) in [7, 11) is 1.98. The topological polar surface area (TPSA) is 12.0 Å². The van der Waals surface area contributed by atoms with Gasteiger partial charge in [0.1, 0.15) is 0 Å². The fourth-order valence-corrected chi connectivity index (χ4v) is 1.04. The van der Waals surface area contributed by atoms with Crippen molar-refractivity contribution >= 4 is 0 Å². The van der Waals surface area contributed by atoms with Gasteiger partial charge in [0, 0.05) is 0 Å². The van der Waals surface area contributed by atoms with Crippen molar-refractivity contribution < 1.29 is 0 Å². The van der Waals surface area contributed by atoms with Crippen LogP contribution in [0.1, 0.15) is 12.0 Å². The maximum atomic E-state index is 3.20. The van der Waals surface area contributed by atoms with Crippen LogP contribution in [-0.2, 0) is 6.42 Å². The van der Waals surface area contributed by atoms with E-state index in [1.165, 1.54) is 12.0 Å². The Labute approximate surface area is 68.4 Å². The molecule has 0 aliphatic carbocycles. The molecule has 0 aliphatic heterocycles. The number of hydrogen-bond acceptors (Lipinski definition) is 1. The molecule has 1 nitrogen and oxygen atoms in total. The van der Waals surface area contributed by atoms with Gasteiger partial charge in [0.05, 0.1) is 0 Å². The van der Waals surface area contributed by atoms with Crippen LogP contribution in [0.25, 0.3) is 0 Å². The normalized spacial score (nSPS) is 9.91. The average molecular weight is 148 g/mol. The number of hydrogen-bond donors (Lipinski definition) is 1. The zero-order valence-corrected chi connectivity index (χ0v) is 6.93. The lowest BCUT2D eigenvalue weighted by Gasteiger charge is -1.98. The average Bonchev–Trinajstić information content (AvgIpc) is 2.07. The molecule has 0 aliphatic rings. The largest absolute Gasteiger partial charge is 0.320 e. The molecule has 0 saturated heterocycles. The first kappa shape index (κ1) is 8.28. The van der Waals surface area contributed by atoms with Crippen LogP contribution in [0, 0.1) is 6.07 Å². The van der Waals surface area contributed by atoms with Gasteiger partial charge in [-0.25, -0.2) is 0 Å². The van der Waals surface area contributed by atoms with Crippen molar-refractivity contribution in [3.63, 3.8) is 0 Å². The van der Waals surface area contributed by atoms with Crippen LogP contribution >= 0.6 is 0 Å². The highest BCUT2D eigenvalue weighted by Gasteiger charge is 1.89. The summed E-state index contributed by atoms with van der Waals surface area (Å²) >= 11 is 0. The van der Waals surface area contributed by atoms with Gasteiger partial charge >= 0.3 is 0 Å². The van der Waals surface area contributed by atoms with Gasteiger partial charge in [0.15, 0.2) is 0 Å². The minimum absolute atomic E-state index is 1.09. The highest BCUT2D eigenvalue weighted by atomic mass is 14.8. The summed E-state index contributed by atoms with van der Waals surface area (Å²) in [6.07, 6.45) is 2.32. The van der Waals surface area contributed by atoms with Crippen LogP contribution in [0.5, 0.6) is 0 Å². The van der Waals surface area contributed by atoms with Crippen LogP contribution in [0.2, 0.25) is 0 Å². The Morgan fingerprint density at radius 2 is 2.36 bits per heavy atom. The molecule has 0 unspecified atom stereocenters. The smallest absolute Gasteiger partial charge is 0.00487 e. The standard InChI is InChI=1S/C10H14N/c1-11-9-5-8-10-6-3-2-4-7-10/h2-4,6,11H,5,8-9H2,1H3. The van der Waals surface area contributed by atoms with Crippen LogP contribution < -0.4 is 5.32 Å². The van der Waals surface area contributed by atoms with Crippen LogP contribution in [0.4, 0.5) is 0 Å². The van der Waals surface area contributed by atoms with E-state index in [0.717, 1.165) is 13.0 Å². The molecule has 0 atom stereocenters. The predicted molar refractivity (Wildman–Crippen MR) is 47.5 cm³/mol. The highest BCUT2D eigenvalue weighted by Crippen LogP contribution is 1.99. The minimum Gasteiger partial charge on any atom is -0.320 e. The first-order valence-electron chi connectivity index (χ1n) is 4.03. The number of benzene rings is 1. The second kappa shape index (κ2) is 4.91. The molecule has 0 heterocycles. The Morgan fingerprint density at radius 3 is 3.00 bits per heavy atom. The summed E-state index contributed by atoms with van der Waals surface area (Å²) in [5.41, 5.74) is 1.31. The summed E-state index contributed by atoms with van der Waals surface area (Å²) in [6.45, 7) is 1.09. The molecular weight excluding hydrogens is 134 g/mol. The van der Waals surface area contributed by atoms with E-state index >= 15 is 0 Å². The van der Waals surface area contributed by atoms with Crippen molar-refractivity contribution in [3.05, 3.63) is 35.9 Å². The quantitative estimate of drug-likeness (QED) is 0.640. The molecule has 11 heavy (non-hydrogen) atoms. The molecule has 1 aromatic rings. The molecule has 0 fully saturated rings. The summed E-state index contributed by atoms with van der Waals surface area (Å²) in [6, 6.07) is 11.3. The van der Waals surface area contributed by atoms with Gasteiger partial charge in [0.2, 0.25) is 0 Å². The second-order valence-electron chi connectivity index (χ2n) is 2.59. The van der Waals surface area contributed by atoms with Crippen molar-refractivity contribution in [1.29, 1.82) is 0 Å². The van der Waals surface area contributed by atoms with Crippen LogP contribution in [-0.4, -0.2) is 13.6 Å². The van der Waals surface area contributed by atoms with Crippen molar-refractivity contribution in [3.8, 4) is 0 Å². The van der Waals surface area contributed by atoms with Gasteiger partial charge in [-0.15, -0.1) is 0 Å². The number of nitrogens with one attached hydrogen (secondary N) is 1. The van der Waals surface area contributed by atoms with Gasteiger partial charge in [-0.1, -0.05) is 24.3 Å². The van der Waals surface area contributed by atoms with E-state index < -0.39 is 0 Å². The maximum absolute atomic E-state index is 3.20. The molecule has 1 N–H and O–H groups in total. The summed E-state index contributed by atoms with van der Waals surface area (Å²) in [5, 5.41) is 3.12. The summed E-state index contributed by atoms with van der Waals surface area (Å²) in [5.74, 6) is 0. The summed E-state index contributed by atoms with van der Waals surface area (Å²) in [4.78, 5) is 0. The zero-order valence-electron chi connectivity index (χ0n) is 6.93. The molecule has 0 bridgehead atoms. The Kier molecular flexibility index (Phi) is 3.70. The van der Waals surface area contributed by atoms with E-state index in [-0.39, 0.29) is 0 Å². The zero-order chi connectivity index (χ0) is 7.94. The Bertz CT molecular complexity index is 181. The van der Waals surface area contributed by atoms with Crippen molar-refractivity contribution in [2.24, 2.45) is 0 Å². The molecule has 0 amide bonds. The fraction of sp³-hybridized carbons (Fsp3) is 0.400. The highest BCUT2D eigenvalue weighted by molar-refractivity contribution is 5.12. The lowest BCUT2D eigenvalue weighted by molar-refractivity contribution is 0.724. The van der Waals surface area contributed by atoms with Crippen LogP contribution in [0.15, 0.2) is 24.3 Å². The number of rotatable bonds is 4. The third kappa shape index (κ3) is 3.19. The minimum atomic E-state index is 1.09. The molecule has 0 saturated carbocycles. The van der Waals surface area contributed by atoms with E-state index in [1.807, 2.05) is 19.2 Å². The Hall–Kier alpha value is -0.820. The Morgan fingerprint density at radius 1 is 1.45 bits per heavy atom. The molecule has 1 rings (SSSR count). The fourth-order valence-electron chi connectivity index (χ4n) is 1.04. The monoisotopic (exact) mass is 148 g/mol. The predicted octanol–water partition coefficient (Wildman–Crippen LogP) is 1.64. The lowest BCUT2D eigenvalue weighted by Crippen LogP contribution is -2.08. The SMILES string of the molecule is CNCCCc1[c]cccc1. The van der Waals surface area contributed by atoms with Crippen molar-refractivity contribution in [1.82, 2.24) is 5.32 Å². The number of aryl methyl sites for hydroxylation is 1. The van der Waals surface area contributed by atoms with E-state index in [1.54, 1.807) is 0 Å². The molecule has 59 valence electrons. The van der Waals surface area contributed by atoms with Crippen LogP contribution in [0.3, 0.4) is 0 Å². The van der Waals surface area contributed by atoms with Gasteiger partial charge < -0.3 is 5.32 Å². The van der Waals surface area contributed by atoms with Crippen molar-refractivity contribution in [2.75, 3.05) is 13.6 Å². The molecular formula is C10H14N. The van der Waals surface area contributed by atoms with E-state index in [9.17, 15) is 0 Å². The molecule has 1 radical (unpaired) electrons. The molecule has 1 heteroatoms. The lowest BCUT2D eigenvalue weighted by atomic mass is 10.1. The second-order valence-corrected chi connectivity index (χ2v) is 2.59. The van der Waals surface area contributed by atoms with E-state index in [2.05, 4.69) is 23.5 Å². The molecule has 1 aromatic carbocycles. The van der Waals surface area contributed by atoms with Gasteiger partial charge in [-0.2, -0.15) is 0 Å². The molecule has 0 spiro atoms. The summed E-state index contributed by atoms with van der Waals surface area (Å²) < 4.78 is 0. The van der Waals surface area contributed by atoms with Crippen molar-refractivity contribution in [2.45, 2.75) is 12.8 Å². The first-order valence-corrected chi connectivity index (χ1v) is 4.03. The van der Waals surface area contributed by atoms with E-state index in [0.29, 0.717) is 0 Å². The van der Waals surface area contributed by atoms with Gasteiger partial charge in [-0.3, -0.25) is 0 Å². The Balaban J connectivity index is 2.28. The van der Waals surface area contributed by atoms with E-state index in [4.69, 9.17) is 0 Å². The third-order valence-corrected chi connectivity index (χ3v) is 1.65. The van der Waals surface area contributed by atoms with Gasteiger partial charge in [0.25, 0.3) is 0 Å².